The zero-order chi connectivity index (χ0) is 19.6. The molecule has 1 aromatic carbocycles. The molecule has 2 N–H and O–H groups in total. The van der Waals surface area contributed by atoms with Crippen LogP contribution >= 0.6 is 0 Å². The molecule has 0 amide bonds. The Morgan fingerprint density at radius 1 is 1.26 bits per heavy atom. The number of hydrogen-bond donors (Lipinski definition) is 2. The minimum absolute atomic E-state index is 0.0845. The maximum absolute atomic E-state index is 12.7. The molecule has 8 nitrogen and oxygen atoms in total. The van der Waals surface area contributed by atoms with Crippen molar-refractivity contribution in [3.8, 4) is 0 Å². The summed E-state index contributed by atoms with van der Waals surface area (Å²) in [6, 6.07) is 3.75. The van der Waals surface area contributed by atoms with Gasteiger partial charge in [0.1, 0.15) is 5.69 Å². The largest absolute Gasteiger partial charge is 0.394 e. The topological polar surface area (TPSA) is 113 Å². The van der Waals surface area contributed by atoms with Gasteiger partial charge in [-0.05, 0) is 56.6 Å². The van der Waals surface area contributed by atoms with Gasteiger partial charge in [-0.15, -0.1) is 0 Å². The molecule has 9 heteroatoms. The number of rotatable bonds is 6. The lowest BCUT2D eigenvalue weighted by Crippen LogP contribution is -2.37. The van der Waals surface area contributed by atoms with Gasteiger partial charge in [0.05, 0.1) is 22.5 Å². The normalized spacial score (nSPS) is 26.3. The van der Waals surface area contributed by atoms with Crippen molar-refractivity contribution in [2.75, 3.05) is 18.1 Å². The van der Waals surface area contributed by atoms with Crippen LogP contribution in [0, 0.1) is 16.0 Å². The van der Waals surface area contributed by atoms with E-state index in [0.717, 1.165) is 44.6 Å². The first-order valence-electron chi connectivity index (χ1n) is 9.50. The van der Waals surface area contributed by atoms with E-state index in [4.69, 9.17) is 0 Å². The lowest BCUT2D eigenvalue weighted by atomic mass is 9.88. The number of nitro benzene ring substituents is 1. The van der Waals surface area contributed by atoms with Crippen molar-refractivity contribution in [2.45, 2.75) is 62.4 Å². The van der Waals surface area contributed by atoms with Gasteiger partial charge >= 0.3 is 0 Å². The van der Waals surface area contributed by atoms with E-state index < -0.39 is 14.9 Å². The van der Waals surface area contributed by atoms with Crippen molar-refractivity contribution in [2.24, 2.45) is 5.92 Å². The van der Waals surface area contributed by atoms with Crippen LogP contribution in [-0.4, -0.2) is 43.7 Å². The van der Waals surface area contributed by atoms with Crippen LogP contribution in [0.2, 0.25) is 0 Å². The Bertz CT molecular complexity index is 790. The molecule has 150 valence electrons. The van der Waals surface area contributed by atoms with Gasteiger partial charge in [-0.1, -0.05) is 6.92 Å². The molecule has 0 aromatic heterocycles. The summed E-state index contributed by atoms with van der Waals surface area (Å²) in [5, 5.41) is 21.1. The van der Waals surface area contributed by atoms with Crippen LogP contribution < -0.4 is 9.62 Å². The minimum atomic E-state index is -3.82. The molecule has 1 aromatic rings. The van der Waals surface area contributed by atoms with Crippen LogP contribution in [0.15, 0.2) is 23.1 Å². The molecule has 0 unspecified atom stereocenters. The fraction of sp³-hybridized carbons (Fsp3) is 0.667. The van der Waals surface area contributed by atoms with E-state index in [1.807, 2.05) is 0 Å². The molecular formula is C18H27N3O5S. The third-order valence-corrected chi connectivity index (χ3v) is 7.21. The van der Waals surface area contributed by atoms with Gasteiger partial charge in [0.2, 0.25) is 10.0 Å². The van der Waals surface area contributed by atoms with E-state index in [1.165, 1.54) is 12.1 Å². The summed E-state index contributed by atoms with van der Waals surface area (Å²) in [7, 11) is -3.82. The van der Waals surface area contributed by atoms with Crippen molar-refractivity contribution < 1.29 is 18.4 Å². The van der Waals surface area contributed by atoms with E-state index in [2.05, 4.69) is 11.6 Å². The third-order valence-electron chi connectivity index (χ3n) is 5.69. The van der Waals surface area contributed by atoms with Crippen molar-refractivity contribution in [1.82, 2.24) is 4.72 Å². The Kier molecular flexibility index (Phi) is 6.02. The second-order valence-corrected chi connectivity index (χ2v) is 9.37. The molecule has 1 aliphatic carbocycles. The number of benzene rings is 1. The fourth-order valence-electron chi connectivity index (χ4n) is 4.07. The highest BCUT2D eigenvalue weighted by atomic mass is 32.2. The molecule has 1 saturated heterocycles. The Hall–Kier alpha value is -1.71. The van der Waals surface area contributed by atoms with Gasteiger partial charge in [-0.2, -0.15) is 0 Å². The van der Waals surface area contributed by atoms with Gasteiger partial charge in [-0.25, -0.2) is 13.1 Å². The average molecular weight is 397 g/mol. The number of nitro groups is 1. The van der Waals surface area contributed by atoms with E-state index in [9.17, 15) is 23.6 Å². The zero-order valence-corrected chi connectivity index (χ0v) is 16.3. The maximum Gasteiger partial charge on any atom is 0.293 e. The Labute approximate surface area is 159 Å². The molecule has 1 saturated carbocycles. The molecule has 1 heterocycles. The first-order chi connectivity index (χ1) is 12.8. The lowest BCUT2D eigenvalue weighted by Gasteiger charge is -2.27. The Morgan fingerprint density at radius 3 is 2.59 bits per heavy atom. The zero-order valence-electron chi connectivity index (χ0n) is 15.5. The second kappa shape index (κ2) is 8.12. The molecule has 27 heavy (non-hydrogen) atoms. The number of sulfonamides is 1. The van der Waals surface area contributed by atoms with Crippen LogP contribution in [0.5, 0.6) is 0 Å². The summed E-state index contributed by atoms with van der Waals surface area (Å²) in [5.41, 5.74) is 0.123. The van der Waals surface area contributed by atoms with Gasteiger partial charge < -0.3 is 10.0 Å². The fourth-order valence-corrected chi connectivity index (χ4v) is 5.39. The van der Waals surface area contributed by atoms with Crippen LogP contribution in [0.25, 0.3) is 0 Å². The summed E-state index contributed by atoms with van der Waals surface area (Å²) in [5.74, 6) is 0.603. The van der Waals surface area contributed by atoms with E-state index >= 15 is 0 Å². The first kappa shape index (κ1) is 20.0. The minimum Gasteiger partial charge on any atom is -0.394 e. The quantitative estimate of drug-likeness (QED) is 0.563. The average Bonchev–Trinajstić information content (AvgIpc) is 3.11. The smallest absolute Gasteiger partial charge is 0.293 e. The highest BCUT2D eigenvalue weighted by Crippen LogP contribution is 2.35. The monoisotopic (exact) mass is 397 g/mol. The Balaban J connectivity index is 1.86. The SMILES string of the molecule is CC1CCC(NS(=O)(=O)c2ccc(N3CCC[C@@H]3CO)c([N+](=O)[O-])c2)CC1. The number of nitrogens with zero attached hydrogens (tertiary/aromatic N) is 2. The first-order valence-corrected chi connectivity index (χ1v) is 11.0. The molecule has 2 aliphatic rings. The number of nitrogens with one attached hydrogen (secondary N) is 1. The van der Waals surface area contributed by atoms with E-state index in [0.29, 0.717) is 18.2 Å². The van der Waals surface area contributed by atoms with Crippen molar-refractivity contribution in [1.29, 1.82) is 0 Å². The highest BCUT2D eigenvalue weighted by Gasteiger charge is 2.31. The second-order valence-electron chi connectivity index (χ2n) is 7.66. The molecule has 3 rings (SSSR count). The number of aliphatic hydroxyl groups is 1. The predicted octanol–water partition coefficient (Wildman–Crippen LogP) is 2.41. The van der Waals surface area contributed by atoms with E-state index in [1.54, 1.807) is 4.90 Å². The van der Waals surface area contributed by atoms with Crippen LogP contribution in [-0.2, 0) is 10.0 Å². The molecule has 0 bridgehead atoms. The summed E-state index contributed by atoms with van der Waals surface area (Å²) in [6.07, 6.45) is 5.12. The van der Waals surface area contributed by atoms with E-state index in [-0.39, 0.29) is 29.3 Å². The standard InChI is InChI=1S/C18H27N3O5S/c1-13-4-6-14(7-5-13)19-27(25,26)16-8-9-17(18(11-16)21(23)24)20-10-2-3-15(20)12-22/h8-9,11,13-15,19,22H,2-7,10,12H2,1H3/t13?,14?,15-/m1/s1. The molecule has 1 aliphatic heterocycles. The van der Waals surface area contributed by atoms with Crippen LogP contribution in [0.1, 0.15) is 45.4 Å². The molecular weight excluding hydrogens is 370 g/mol. The van der Waals surface area contributed by atoms with Gasteiger partial charge in [0.15, 0.2) is 0 Å². The number of aliphatic hydroxyl groups excluding tert-OH is 1. The summed E-state index contributed by atoms with van der Waals surface area (Å²) in [6.45, 7) is 2.68. The summed E-state index contributed by atoms with van der Waals surface area (Å²) < 4.78 is 28.1. The predicted molar refractivity (Wildman–Crippen MR) is 102 cm³/mol. The molecule has 1 atom stereocenters. The number of hydrogen-bond acceptors (Lipinski definition) is 6. The van der Waals surface area contributed by atoms with Crippen molar-refractivity contribution >= 4 is 21.4 Å². The number of anilines is 1. The van der Waals surface area contributed by atoms with Gasteiger partial charge in [-0.3, -0.25) is 10.1 Å². The van der Waals surface area contributed by atoms with Crippen molar-refractivity contribution in [3.05, 3.63) is 28.3 Å². The summed E-state index contributed by atoms with van der Waals surface area (Å²) >= 11 is 0. The molecule has 2 fully saturated rings. The highest BCUT2D eigenvalue weighted by molar-refractivity contribution is 7.89. The lowest BCUT2D eigenvalue weighted by molar-refractivity contribution is -0.384. The van der Waals surface area contributed by atoms with Crippen LogP contribution in [0.3, 0.4) is 0 Å². The van der Waals surface area contributed by atoms with Crippen molar-refractivity contribution in [3.63, 3.8) is 0 Å². The van der Waals surface area contributed by atoms with Gasteiger partial charge in [0.25, 0.3) is 5.69 Å². The molecule has 0 spiro atoms. The maximum atomic E-state index is 12.7. The molecule has 0 radical (unpaired) electrons. The van der Waals surface area contributed by atoms with Gasteiger partial charge in [0, 0.05) is 18.7 Å². The summed E-state index contributed by atoms with van der Waals surface area (Å²) in [4.78, 5) is 12.7. The third kappa shape index (κ3) is 4.41. The van der Waals surface area contributed by atoms with Crippen LogP contribution in [0.4, 0.5) is 11.4 Å². The Morgan fingerprint density at radius 2 is 1.96 bits per heavy atom.